The number of amides is 1. The van der Waals surface area contributed by atoms with Crippen LogP contribution in [0.5, 0.6) is 0 Å². The van der Waals surface area contributed by atoms with Crippen molar-refractivity contribution in [1.29, 1.82) is 0 Å². The van der Waals surface area contributed by atoms with Gasteiger partial charge in [0.2, 0.25) is 0 Å². The summed E-state index contributed by atoms with van der Waals surface area (Å²) in [5.41, 5.74) is 4.64. The third-order valence-electron chi connectivity index (χ3n) is 2.63. The quantitative estimate of drug-likeness (QED) is 0.865. The number of nitrogens with zero attached hydrogens (tertiary/aromatic N) is 1. The number of halogens is 3. The molecule has 2 N–H and O–H groups in total. The zero-order valence-corrected chi connectivity index (χ0v) is 10.8. The predicted octanol–water partition coefficient (Wildman–Crippen LogP) is 2.30. The largest absolute Gasteiger partial charge is 0.338 e. The lowest BCUT2D eigenvalue weighted by Crippen LogP contribution is -2.34. The second-order valence-corrected chi connectivity index (χ2v) is 4.18. The van der Waals surface area contributed by atoms with E-state index in [1.807, 2.05) is 6.92 Å². The molecule has 0 radical (unpaired) electrons. The Morgan fingerprint density at radius 2 is 1.79 bits per heavy atom. The summed E-state index contributed by atoms with van der Waals surface area (Å²) < 4.78 is 39.9. The van der Waals surface area contributed by atoms with Crippen molar-refractivity contribution in [2.75, 3.05) is 19.6 Å². The molecule has 1 rings (SSSR count). The zero-order valence-electron chi connectivity index (χ0n) is 10.8. The van der Waals surface area contributed by atoms with E-state index in [-0.39, 0.29) is 0 Å². The number of benzene rings is 1. The van der Waals surface area contributed by atoms with Crippen LogP contribution < -0.4 is 5.73 Å². The van der Waals surface area contributed by atoms with Crippen LogP contribution in [0.2, 0.25) is 0 Å². The molecule has 0 fully saturated rings. The van der Waals surface area contributed by atoms with Crippen LogP contribution in [0.4, 0.5) is 13.2 Å². The lowest BCUT2D eigenvalue weighted by atomic mass is 10.1. The molecule has 1 amide bonds. The van der Waals surface area contributed by atoms with Crippen molar-refractivity contribution in [3.05, 3.63) is 35.1 Å². The Balaban J connectivity index is 3.02. The van der Waals surface area contributed by atoms with Crippen molar-refractivity contribution in [3.63, 3.8) is 0 Å². The summed E-state index contributed by atoms with van der Waals surface area (Å²) in [6, 6.07) is 1.01. The highest BCUT2D eigenvalue weighted by Crippen LogP contribution is 2.17. The smallest absolute Gasteiger partial charge is 0.259 e. The van der Waals surface area contributed by atoms with E-state index in [0.717, 1.165) is 0 Å². The first-order chi connectivity index (χ1) is 9.01. The molecule has 0 saturated heterocycles. The second-order valence-electron chi connectivity index (χ2n) is 4.18. The van der Waals surface area contributed by atoms with Crippen LogP contribution in [0, 0.1) is 17.5 Å². The summed E-state index contributed by atoms with van der Waals surface area (Å²) in [4.78, 5) is 13.4. The lowest BCUT2D eigenvalue weighted by Gasteiger charge is -2.22. The molecule has 0 heterocycles. The molecule has 1 aromatic carbocycles. The first kappa shape index (κ1) is 15.5. The van der Waals surface area contributed by atoms with Crippen LogP contribution in [0.25, 0.3) is 0 Å². The van der Waals surface area contributed by atoms with Crippen LogP contribution in [-0.2, 0) is 0 Å². The average molecular weight is 274 g/mol. The predicted molar refractivity (Wildman–Crippen MR) is 66.2 cm³/mol. The maximum Gasteiger partial charge on any atom is 0.259 e. The van der Waals surface area contributed by atoms with Crippen LogP contribution in [0.1, 0.15) is 30.1 Å². The monoisotopic (exact) mass is 274 g/mol. The van der Waals surface area contributed by atoms with Gasteiger partial charge in [0.15, 0.2) is 0 Å². The number of nitrogens with two attached hydrogens (primary N) is 1. The van der Waals surface area contributed by atoms with Gasteiger partial charge in [0.05, 0.1) is 0 Å². The van der Waals surface area contributed by atoms with E-state index in [1.54, 1.807) is 0 Å². The molecule has 19 heavy (non-hydrogen) atoms. The summed E-state index contributed by atoms with van der Waals surface area (Å²) >= 11 is 0. The summed E-state index contributed by atoms with van der Waals surface area (Å²) in [5.74, 6) is -4.19. The third-order valence-corrected chi connectivity index (χ3v) is 2.63. The van der Waals surface area contributed by atoms with Crippen LogP contribution >= 0.6 is 0 Å². The van der Waals surface area contributed by atoms with Crippen molar-refractivity contribution in [1.82, 2.24) is 4.90 Å². The topological polar surface area (TPSA) is 46.3 Å². The molecule has 0 spiro atoms. The Labute approximate surface area is 110 Å². The fourth-order valence-corrected chi connectivity index (χ4v) is 1.77. The van der Waals surface area contributed by atoms with Gasteiger partial charge in [-0.3, -0.25) is 4.79 Å². The zero-order chi connectivity index (χ0) is 14.4. The van der Waals surface area contributed by atoms with Gasteiger partial charge >= 0.3 is 0 Å². The number of carbonyl (C=O) groups excluding carboxylic acids is 1. The SMILES string of the molecule is CCCN(CCCN)C(=O)c1c(F)cc(F)cc1F. The molecule has 0 aliphatic carbocycles. The Morgan fingerprint density at radius 3 is 2.26 bits per heavy atom. The van der Waals surface area contributed by atoms with Crippen molar-refractivity contribution in [2.24, 2.45) is 5.73 Å². The highest BCUT2D eigenvalue weighted by molar-refractivity contribution is 5.94. The van der Waals surface area contributed by atoms with E-state index in [9.17, 15) is 18.0 Å². The first-order valence-electron chi connectivity index (χ1n) is 6.15. The Kier molecular flexibility index (Phi) is 5.82. The van der Waals surface area contributed by atoms with E-state index in [2.05, 4.69) is 0 Å². The number of rotatable bonds is 6. The second kappa shape index (κ2) is 7.13. The van der Waals surface area contributed by atoms with Gasteiger partial charge in [-0.05, 0) is 19.4 Å². The van der Waals surface area contributed by atoms with Gasteiger partial charge in [0.1, 0.15) is 23.0 Å². The van der Waals surface area contributed by atoms with E-state index in [4.69, 9.17) is 5.73 Å². The molecule has 6 heteroatoms. The van der Waals surface area contributed by atoms with Crippen LogP contribution in [0.3, 0.4) is 0 Å². The van der Waals surface area contributed by atoms with Crippen molar-refractivity contribution in [3.8, 4) is 0 Å². The molecule has 106 valence electrons. The maximum atomic E-state index is 13.5. The summed E-state index contributed by atoms with van der Waals surface area (Å²) in [7, 11) is 0. The highest BCUT2D eigenvalue weighted by Gasteiger charge is 2.23. The normalized spacial score (nSPS) is 10.6. The van der Waals surface area contributed by atoms with Gasteiger partial charge in [-0.15, -0.1) is 0 Å². The van der Waals surface area contributed by atoms with Crippen LogP contribution in [-0.4, -0.2) is 30.4 Å². The molecule has 0 bridgehead atoms. The first-order valence-corrected chi connectivity index (χ1v) is 6.15. The van der Waals surface area contributed by atoms with Gasteiger partial charge in [-0.2, -0.15) is 0 Å². The summed E-state index contributed by atoms with van der Waals surface area (Å²) in [6.07, 6.45) is 1.19. The fourth-order valence-electron chi connectivity index (χ4n) is 1.77. The molecule has 3 nitrogen and oxygen atoms in total. The highest BCUT2D eigenvalue weighted by atomic mass is 19.1. The number of hydrogen-bond donors (Lipinski definition) is 1. The fraction of sp³-hybridized carbons (Fsp3) is 0.462. The lowest BCUT2D eigenvalue weighted by molar-refractivity contribution is 0.0744. The number of hydrogen-bond acceptors (Lipinski definition) is 2. The molecular weight excluding hydrogens is 257 g/mol. The molecular formula is C13H17F3N2O. The van der Waals surface area contributed by atoms with Crippen molar-refractivity contribution in [2.45, 2.75) is 19.8 Å². The van der Waals surface area contributed by atoms with Crippen molar-refractivity contribution >= 4 is 5.91 Å². The molecule has 0 saturated carbocycles. The van der Waals surface area contributed by atoms with Gasteiger partial charge in [-0.25, -0.2) is 13.2 Å². The van der Waals surface area contributed by atoms with Gasteiger partial charge in [0, 0.05) is 25.2 Å². The minimum atomic E-state index is -1.18. The standard InChI is InChI=1S/C13H17F3N2O/c1-2-5-18(6-3-4-17)13(19)12-10(15)7-9(14)8-11(12)16/h7-8H,2-6,17H2,1H3. The molecule has 0 aliphatic heterocycles. The Bertz CT molecular complexity index is 429. The Hall–Kier alpha value is -1.56. The van der Waals surface area contributed by atoms with E-state index < -0.39 is 28.9 Å². The molecule has 0 unspecified atom stereocenters. The average Bonchev–Trinajstić information content (AvgIpc) is 2.33. The molecule has 0 atom stereocenters. The number of carbonyl (C=O) groups is 1. The van der Waals surface area contributed by atoms with Crippen molar-refractivity contribution < 1.29 is 18.0 Å². The van der Waals surface area contributed by atoms with Crippen LogP contribution in [0.15, 0.2) is 12.1 Å². The van der Waals surface area contributed by atoms with Gasteiger partial charge < -0.3 is 10.6 Å². The van der Waals surface area contributed by atoms with E-state index in [1.165, 1.54) is 4.90 Å². The summed E-state index contributed by atoms with van der Waals surface area (Å²) in [5, 5.41) is 0. The van der Waals surface area contributed by atoms with Gasteiger partial charge in [0.25, 0.3) is 5.91 Å². The maximum absolute atomic E-state index is 13.5. The molecule has 0 aliphatic rings. The summed E-state index contributed by atoms with van der Waals surface area (Å²) in [6.45, 7) is 2.91. The van der Waals surface area contributed by atoms with E-state index in [0.29, 0.717) is 44.6 Å². The van der Waals surface area contributed by atoms with Gasteiger partial charge in [-0.1, -0.05) is 6.92 Å². The third kappa shape index (κ3) is 3.96. The molecule has 0 aromatic heterocycles. The minimum absolute atomic E-state index is 0.319. The van der Waals surface area contributed by atoms with E-state index >= 15 is 0 Å². The minimum Gasteiger partial charge on any atom is -0.338 e. The Morgan fingerprint density at radius 1 is 1.21 bits per heavy atom. The molecule has 1 aromatic rings.